The van der Waals surface area contributed by atoms with Gasteiger partial charge in [-0.2, -0.15) is 0 Å². The van der Waals surface area contributed by atoms with Crippen LogP contribution in [0, 0.1) is 0 Å². The first-order valence-corrected chi connectivity index (χ1v) is 4.15. The molecule has 4 heteroatoms. The molecular formula is C7H14N2O2. The average Bonchev–Trinajstić information content (AvgIpc) is 2.06. The van der Waals surface area contributed by atoms with Gasteiger partial charge in [-0.05, 0) is 13.0 Å². The Labute approximate surface area is 66.1 Å². The highest BCUT2D eigenvalue weighted by molar-refractivity contribution is 4.80. The summed E-state index contributed by atoms with van der Waals surface area (Å²) < 4.78 is 5.10. The summed E-state index contributed by atoms with van der Waals surface area (Å²) in [5.41, 5.74) is 0. The summed E-state index contributed by atoms with van der Waals surface area (Å²) in [6.45, 7) is 3.66. The van der Waals surface area contributed by atoms with E-state index in [9.17, 15) is 5.11 Å². The van der Waals surface area contributed by atoms with Crippen molar-refractivity contribution in [1.82, 2.24) is 10.2 Å². The molecule has 4 nitrogen and oxygen atoms in total. The maximum absolute atomic E-state index is 9.38. The third-order valence-electron chi connectivity index (χ3n) is 2.31. The largest absolute Gasteiger partial charge is 0.366 e. The van der Waals surface area contributed by atoms with Crippen LogP contribution in [0.3, 0.4) is 0 Å². The lowest BCUT2D eigenvalue weighted by Crippen LogP contribution is -2.61. The minimum absolute atomic E-state index is 0.0394. The van der Waals surface area contributed by atoms with Crippen LogP contribution in [0.25, 0.3) is 0 Å². The van der Waals surface area contributed by atoms with Crippen LogP contribution in [0.4, 0.5) is 0 Å². The van der Waals surface area contributed by atoms with Gasteiger partial charge in [0.1, 0.15) is 6.17 Å². The second kappa shape index (κ2) is 3.06. The minimum Gasteiger partial charge on any atom is -0.366 e. The van der Waals surface area contributed by atoms with Gasteiger partial charge in [0.05, 0.1) is 6.61 Å². The second-order valence-electron chi connectivity index (χ2n) is 3.05. The van der Waals surface area contributed by atoms with Crippen LogP contribution >= 0.6 is 0 Å². The minimum atomic E-state index is -0.635. The molecule has 0 spiro atoms. The lowest BCUT2D eigenvalue weighted by molar-refractivity contribution is -0.192. The first-order valence-electron chi connectivity index (χ1n) is 4.15. The zero-order valence-electron chi connectivity index (χ0n) is 6.49. The van der Waals surface area contributed by atoms with E-state index in [4.69, 9.17) is 4.74 Å². The van der Waals surface area contributed by atoms with E-state index >= 15 is 0 Å². The van der Waals surface area contributed by atoms with Gasteiger partial charge in [0, 0.05) is 13.1 Å². The first kappa shape index (κ1) is 7.49. The van der Waals surface area contributed by atoms with E-state index in [2.05, 4.69) is 10.2 Å². The van der Waals surface area contributed by atoms with Crippen LogP contribution < -0.4 is 5.32 Å². The molecule has 0 aromatic rings. The average molecular weight is 158 g/mol. The van der Waals surface area contributed by atoms with E-state index in [-0.39, 0.29) is 6.17 Å². The SMILES string of the molecule is O[C@H]1OCCN2CCCN[C@@H]12. The highest BCUT2D eigenvalue weighted by Crippen LogP contribution is 2.13. The molecule has 0 radical (unpaired) electrons. The molecule has 2 atom stereocenters. The zero-order valence-corrected chi connectivity index (χ0v) is 6.49. The molecule has 0 aromatic heterocycles. The molecule has 0 unspecified atom stereocenters. The van der Waals surface area contributed by atoms with Crippen LogP contribution in [0.2, 0.25) is 0 Å². The molecule has 2 heterocycles. The van der Waals surface area contributed by atoms with Crippen molar-refractivity contribution in [3.63, 3.8) is 0 Å². The van der Waals surface area contributed by atoms with Gasteiger partial charge >= 0.3 is 0 Å². The maximum atomic E-state index is 9.38. The Kier molecular flexibility index (Phi) is 2.09. The van der Waals surface area contributed by atoms with Gasteiger partial charge in [0.2, 0.25) is 0 Å². The molecule has 0 saturated carbocycles. The van der Waals surface area contributed by atoms with Crippen LogP contribution in [-0.2, 0) is 4.74 Å². The van der Waals surface area contributed by atoms with E-state index in [1.165, 1.54) is 6.42 Å². The summed E-state index contributed by atoms with van der Waals surface area (Å²) in [7, 11) is 0. The fraction of sp³-hybridized carbons (Fsp3) is 1.00. The lowest BCUT2D eigenvalue weighted by Gasteiger charge is -2.42. The molecule has 2 rings (SSSR count). The highest BCUT2D eigenvalue weighted by atomic mass is 16.6. The van der Waals surface area contributed by atoms with Gasteiger partial charge in [0.25, 0.3) is 0 Å². The topological polar surface area (TPSA) is 44.7 Å². The van der Waals surface area contributed by atoms with Gasteiger partial charge in [0.15, 0.2) is 6.29 Å². The van der Waals surface area contributed by atoms with Crippen molar-refractivity contribution in [2.75, 3.05) is 26.2 Å². The Morgan fingerprint density at radius 1 is 1.45 bits per heavy atom. The van der Waals surface area contributed by atoms with E-state index in [1.54, 1.807) is 0 Å². The number of hydrogen-bond acceptors (Lipinski definition) is 4. The highest BCUT2D eigenvalue weighted by Gasteiger charge is 2.31. The molecule has 2 aliphatic rings. The Morgan fingerprint density at radius 3 is 3.18 bits per heavy atom. The van der Waals surface area contributed by atoms with Gasteiger partial charge in [-0.15, -0.1) is 0 Å². The number of morpholine rings is 1. The summed E-state index contributed by atoms with van der Waals surface area (Å²) in [6, 6.07) is 0. The molecule has 2 saturated heterocycles. The third-order valence-corrected chi connectivity index (χ3v) is 2.31. The molecule has 2 N–H and O–H groups in total. The summed E-state index contributed by atoms with van der Waals surface area (Å²) in [6.07, 6.45) is 0.574. The maximum Gasteiger partial charge on any atom is 0.183 e. The van der Waals surface area contributed by atoms with Crippen molar-refractivity contribution in [2.45, 2.75) is 18.9 Å². The van der Waals surface area contributed by atoms with Gasteiger partial charge in [-0.3, -0.25) is 10.2 Å². The second-order valence-corrected chi connectivity index (χ2v) is 3.05. The molecule has 2 aliphatic heterocycles. The lowest BCUT2D eigenvalue weighted by atomic mass is 10.2. The molecule has 0 bridgehead atoms. The monoisotopic (exact) mass is 158 g/mol. The Balaban J connectivity index is 1.99. The fourth-order valence-corrected chi connectivity index (χ4v) is 1.71. The van der Waals surface area contributed by atoms with Crippen molar-refractivity contribution in [2.24, 2.45) is 0 Å². The number of nitrogens with one attached hydrogen (secondary N) is 1. The quantitative estimate of drug-likeness (QED) is 0.472. The van der Waals surface area contributed by atoms with E-state index in [1.807, 2.05) is 0 Å². The zero-order chi connectivity index (χ0) is 7.68. The third kappa shape index (κ3) is 1.39. The van der Waals surface area contributed by atoms with E-state index < -0.39 is 6.29 Å². The Morgan fingerprint density at radius 2 is 2.36 bits per heavy atom. The van der Waals surface area contributed by atoms with E-state index in [0.29, 0.717) is 6.61 Å². The van der Waals surface area contributed by atoms with Crippen LogP contribution in [0.1, 0.15) is 6.42 Å². The number of nitrogens with zero attached hydrogens (tertiary/aromatic N) is 1. The predicted molar refractivity (Wildman–Crippen MR) is 39.9 cm³/mol. The summed E-state index contributed by atoms with van der Waals surface area (Å²) in [5.74, 6) is 0. The van der Waals surface area contributed by atoms with Crippen molar-refractivity contribution >= 4 is 0 Å². The van der Waals surface area contributed by atoms with Gasteiger partial charge in [-0.25, -0.2) is 0 Å². The van der Waals surface area contributed by atoms with Crippen LogP contribution in [0.15, 0.2) is 0 Å². The Hall–Kier alpha value is -0.160. The molecule has 0 aromatic carbocycles. The normalized spacial score (nSPS) is 40.1. The number of rotatable bonds is 0. The summed E-state index contributed by atoms with van der Waals surface area (Å²) >= 11 is 0. The molecule has 2 fully saturated rings. The number of fused-ring (bicyclic) bond motifs is 1. The molecule has 0 aliphatic carbocycles. The Bertz CT molecular complexity index is 140. The summed E-state index contributed by atoms with van der Waals surface area (Å²) in [4.78, 5) is 2.23. The number of aliphatic hydroxyl groups is 1. The smallest absolute Gasteiger partial charge is 0.183 e. The van der Waals surface area contributed by atoms with Crippen LogP contribution in [0.5, 0.6) is 0 Å². The standard InChI is InChI=1S/C7H14N2O2/c10-7-6-8-2-1-3-9(6)4-5-11-7/h6-8,10H,1-5H2/t6-,7+/m1/s1. The number of aliphatic hydroxyl groups excluding tert-OH is 1. The molecular weight excluding hydrogens is 144 g/mol. The summed E-state index contributed by atoms with van der Waals surface area (Å²) in [5, 5.41) is 12.6. The van der Waals surface area contributed by atoms with Crippen molar-refractivity contribution in [1.29, 1.82) is 0 Å². The van der Waals surface area contributed by atoms with Crippen LogP contribution in [-0.4, -0.2) is 48.7 Å². The molecule has 64 valence electrons. The van der Waals surface area contributed by atoms with E-state index in [0.717, 1.165) is 19.6 Å². The van der Waals surface area contributed by atoms with Gasteiger partial charge in [-0.1, -0.05) is 0 Å². The van der Waals surface area contributed by atoms with Gasteiger partial charge < -0.3 is 9.84 Å². The number of hydrogen-bond donors (Lipinski definition) is 2. The number of ether oxygens (including phenoxy) is 1. The van der Waals surface area contributed by atoms with Crippen molar-refractivity contribution in [3.05, 3.63) is 0 Å². The molecule has 11 heavy (non-hydrogen) atoms. The fourth-order valence-electron chi connectivity index (χ4n) is 1.71. The first-order chi connectivity index (χ1) is 5.38. The molecule has 0 amide bonds. The van der Waals surface area contributed by atoms with Crippen molar-refractivity contribution in [3.8, 4) is 0 Å². The van der Waals surface area contributed by atoms with Crippen molar-refractivity contribution < 1.29 is 9.84 Å². The predicted octanol–water partition coefficient (Wildman–Crippen LogP) is -1.04.